The minimum atomic E-state index is -0.344. The molecule has 6 heteroatoms. The SMILES string of the molecule is CC(=O)Nc1ccc(C)cc1NC(=O)/C=C/c1cc(Cl)ccc1Cl. The molecule has 0 atom stereocenters. The Kier molecular flexibility index (Phi) is 6.01. The van der Waals surface area contributed by atoms with E-state index in [0.717, 1.165) is 5.56 Å². The van der Waals surface area contributed by atoms with Crippen LogP contribution in [-0.4, -0.2) is 11.8 Å². The molecule has 0 aliphatic carbocycles. The van der Waals surface area contributed by atoms with Crippen molar-refractivity contribution in [1.29, 1.82) is 0 Å². The van der Waals surface area contributed by atoms with E-state index in [1.807, 2.05) is 13.0 Å². The third-order valence-electron chi connectivity index (χ3n) is 3.12. The van der Waals surface area contributed by atoms with Crippen molar-refractivity contribution in [3.8, 4) is 0 Å². The van der Waals surface area contributed by atoms with Crippen LogP contribution in [-0.2, 0) is 9.59 Å². The van der Waals surface area contributed by atoms with Crippen LogP contribution in [0.4, 0.5) is 11.4 Å². The number of carbonyl (C=O) groups is 2. The second-order valence-electron chi connectivity index (χ2n) is 5.22. The molecule has 124 valence electrons. The molecular weight excluding hydrogens is 347 g/mol. The maximum absolute atomic E-state index is 12.1. The molecule has 0 fully saturated rings. The lowest BCUT2D eigenvalue weighted by atomic mass is 10.1. The van der Waals surface area contributed by atoms with Gasteiger partial charge in [-0.2, -0.15) is 0 Å². The number of aryl methyl sites for hydroxylation is 1. The standard InChI is InChI=1S/C18H16Cl2N2O2/c1-11-3-7-16(21-12(2)23)17(9-11)22-18(24)8-4-13-10-14(19)5-6-15(13)20/h3-10H,1-2H3,(H,21,23)(H,22,24)/b8-4+. The summed E-state index contributed by atoms with van der Waals surface area (Å²) in [5.41, 5.74) is 2.67. The van der Waals surface area contributed by atoms with Gasteiger partial charge < -0.3 is 10.6 Å². The van der Waals surface area contributed by atoms with Gasteiger partial charge in [-0.25, -0.2) is 0 Å². The lowest BCUT2D eigenvalue weighted by molar-refractivity contribution is -0.114. The Labute approximate surface area is 150 Å². The summed E-state index contributed by atoms with van der Waals surface area (Å²) in [6.07, 6.45) is 2.94. The molecule has 0 aromatic heterocycles. The van der Waals surface area contributed by atoms with Gasteiger partial charge in [0, 0.05) is 23.0 Å². The molecule has 0 aliphatic heterocycles. The van der Waals surface area contributed by atoms with Gasteiger partial charge in [0.25, 0.3) is 0 Å². The number of benzene rings is 2. The van der Waals surface area contributed by atoms with E-state index in [1.54, 1.807) is 36.4 Å². The van der Waals surface area contributed by atoms with Crippen molar-refractivity contribution in [1.82, 2.24) is 0 Å². The molecule has 24 heavy (non-hydrogen) atoms. The van der Waals surface area contributed by atoms with Crippen molar-refractivity contribution in [2.24, 2.45) is 0 Å². The molecule has 2 amide bonds. The maximum Gasteiger partial charge on any atom is 0.248 e. The Hall–Kier alpha value is -2.30. The fourth-order valence-corrected chi connectivity index (χ4v) is 2.40. The van der Waals surface area contributed by atoms with Crippen molar-refractivity contribution < 1.29 is 9.59 Å². The summed E-state index contributed by atoms with van der Waals surface area (Å²) in [5, 5.41) is 6.46. The largest absolute Gasteiger partial charge is 0.325 e. The highest BCUT2D eigenvalue weighted by molar-refractivity contribution is 6.34. The van der Waals surface area contributed by atoms with E-state index in [9.17, 15) is 9.59 Å². The van der Waals surface area contributed by atoms with Crippen LogP contribution >= 0.6 is 23.2 Å². The minimum absolute atomic E-state index is 0.212. The molecule has 0 spiro atoms. The quantitative estimate of drug-likeness (QED) is 0.758. The van der Waals surface area contributed by atoms with Crippen LogP contribution in [0.1, 0.15) is 18.1 Å². The first-order valence-electron chi connectivity index (χ1n) is 7.17. The fraction of sp³-hybridized carbons (Fsp3) is 0.111. The first-order chi connectivity index (χ1) is 11.3. The zero-order chi connectivity index (χ0) is 17.7. The highest BCUT2D eigenvalue weighted by atomic mass is 35.5. The monoisotopic (exact) mass is 362 g/mol. The molecule has 0 saturated heterocycles. The number of hydrogen-bond donors (Lipinski definition) is 2. The van der Waals surface area contributed by atoms with Gasteiger partial charge in [0.1, 0.15) is 0 Å². The number of amides is 2. The summed E-state index contributed by atoms with van der Waals surface area (Å²) in [6, 6.07) is 10.4. The summed E-state index contributed by atoms with van der Waals surface area (Å²) in [4.78, 5) is 23.4. The molecule has 0 bridgehead atoms. The Bertz CT molecular complexity index is 817. The lowest BCUT2D eigenvalue weighted by Crippen LogP contribution is -2.13. The molecular formula is C18H16Cl2N2O2. The molecule has 0 radical (unpaired) electrons. The van der Waals surface area contributed by atoms with Gasteiger partial charge >= 0.3 is 0 Å². The predicted molar refractivity (Wildman–Crippen MR) is 99.6 cm³/mol. The summed E-state index contributed by atoms with van der Waals surface area (Å²) < 4.78 is 0. The van der Waals surface area contributed by atoms with E-state index < -0.39 is 0 Å². The Balaban J connectivity index is 2.17. The molecule has 2 aromatic carbocycles. The van der Waals surface area contributed by atoms with E-state index in [4.69, 9.17) is 23.2 Å². The van der Waals surface area contributed by atoms with E-state index >= 15 is 0 Å². The van der Waals surface area contributed by atoms with E-state index in [2.05, 4.69) is 10.6 Å². The number of rotatable bonds is 4. The highest BCUT2D eigenvalue weighted by Gasteiger charge is 2.07. The zero-order valence-electron chi connectivity index (χ0n) is 13.2. The summed E-state index contributed by atoms with van der Waals surface area (Å²) in [7, 11) is 0. The molecule has 0 heterocycles. The molecule has 2 aromatic rings. The summed E-state index contributed by atoms with van der Waals surface area (Å²) in [6.45, 7) is 3.31. The predicted octanol–water partition coefficient (Wildman–Crippen LogP) is 4.91. The van der Waals surface area contributed by atoms with Gasteiger partial charge in [0.05, 0.1) is 11.4 Å². The topological polar surface area (TPSA) is 58.2 Å². The molecule has 2 rings (SSSR count). The van der Waals surface area contributed by atoms with Gasteiger partial charge in [-0.1, -0.05) is 29.3 Å². The van der Waals surface area contributed by atoms with Crippen molar-refractivity contribution in [3.05, 3.63) is 63.6 Å². The number of halogens is 2. The average molecular weight is 363 g/mol. The van der Waals surface area contributed by atoms with Crippen LogP contribution in [0, 0.1) is 6.92 Å². The molecule has 0 aliphatic rings. The summed E-state index contributed by atoms with van der Waals surface area (Å²) >= 11 is 12.0. The van der Waals surface area contributed by atoms with Crippen molar-refractivity contribution in [2.45, 2.75) is 13.8 Å². The Morgan fingerprint density at radius 1 is 1.00 bits per heavy atom. The smallest absolute Gasteiger partial charge is 0.248 e. The molecule has 2 N–H and O–H groups in total. The Morgan fingerprint density at radius 3 is 2.46 bits per heavy atom. The molecule has 0 unspecified atom stereocenters. The number of anilines is 2. The Morgan fingerprint density at radius 2 is 1.75 bits per heavy atom. The average Bonchev–Trinajstić information content (AvgIpc) is 2.50. The molecule has 4 nitrogen and oxygen atoms in total. The van der Waals surface area contributed by atoms with Gasteiger partial charge in [0.15, 0.2) is 0 Å². The van der Waals surface area contributed by atoms with E-state index in [1.165, 1.54) is 13.0 Å². The fourth-order valence-electron chi connectivity index (χ4n) is 2.04. The van der Waals surface area contributed by atoms with Crippen LogP contribution in [0.25, 0.3) is 6.08 Å². The van der Waals surface area contributed by atoms with Gasteiger partial charge in [-0.15, -0.1) is 0 Å². The van der Waals surface area contributed by atoms with Crippen molar-refractivity contribution in [3.63, 3.8) is 0 Å². The lowest BCUT2D eigenvalue weighted by Gasteiger charge is -2.11. The van der Waals surface area contributed by atoms with Crippen molar-refractivity contribution in [2.75, 3.05) is 10.6 Å². The second kappa shape index (κ2) is 7.99. The number of carbonyl (C=O) groups excluding carboxylic acids is 2. The number of hydrogen-bond acceptors (Lipinski definition) is 2. The third kappa shape index (κ3) is 5.11. The first kappa shape index (κ1) is 18.0. The van der Waals surface area contributed by atoms with Gasteiger partial charge in [-0.05, 0) is 54.5 Å². The molecule has 0 saturated carbocycles. The zero-order valence-corrected chi connectivity index (χ0v) is 14.7. The number of nitrogens with one attached hydrogen (secondary N) is 2. The van der Waals surface area contributed by atoms with Gasteiger partial charge in [-0.3, -0.25) is 9.59 Å². The van der Waals surface area contributed by atoms with E-state index in [0.29, 0.717) is 27.0 Å². The van der Waals surface area contributed by atoms with Crippen LogP contribution in [0.15, 0.2) is 42.5 Å². The van der Waals surface area contributed by atoms with Crippen LogP contribution in [0.2, 0.25) is 10.0 Å². The minimum Gasteiger partial charge on any atom is -0.325 e. The van der Waals surface area contributed by atoms with Gasteiger partial charge in [0.2, 0.25) is 11.8 Å². The van der Waals surface area contributed by atoms with Crippen LogP contribution < -0.4 is 10.6 Å². The van der Waals surface area contributed by atoms with E-state index in [-0.39, 0.29) is 11.8 Å². The third-order valence-corrected chi connectivity index (χ3v) is 3.70. The maximum atomic E-state index is 12.1. The first-order valence-corrected chi connectivity index (χ1v) is 7.93. The highest BCUT2D eigenvalue weighted by Crippen LogP contribution is 2.24. The van der Waals surface area contributed by atoms with Crippen molar-refractivity contribution >= 4 is 52.5 Å². The second-order valence-corrected chi connectivity index (χ2v) is 6.06. The van der Waals surface area contributed by atoms with Crippen LogP contribution in [0.3, 0.4) is 0 Å². The summed E-state index contributed by atoms with van der Waals surface area (Å²) in [5.74, 6) is -0.557. The normalized spacial score (nSPS) is 10.7. The van der Waals surface area contributed by atoms with Crippen LogP contribution in [0.5, 0.6) is 0 Å².